The lowest BCUT2D eigenvalue weighted by Crippen LogP contribution is -2.43. The molecule has 36 heavy (non-hydrogen) atoms. The van der Waals surface area contributed by atoms with Gasteiger partial charge < -0.3 is 9.47 Å². The van der Waals surface area contributed by atoms with Crippen LogP contribution in [0.1, 0.15) is 43.4 Å². The number of fused-ring (bicyclic) bond motifs is 3. The van der Waals surface area contributed by atoms with Crippen molar-refractivity contribution in [1.29, 1.82) is 0 Å². The number of amides is 1. The predicted molar refractivity (Wildman–Crippen MR) is 146 cm³/mol. The highest BCUT2D eigenvalue weighted by Crippen LogP contribution is 2.53. The van der Waals surface area contributed by atoms with E-state index in [0.29, 0.717) is 6.54 Å². The lowest BCUT2D eigenvalue weighted by atomic mass is 9.79. The zero-order valence-electron chi connectivity index (χ0n) is 21.3. The van der Waals surface area contributed by atoms with Crippen molar-refractivity contribution in [1.82, 2.24) is 0 Å². The third-order valence-corrected chi connectivity index (χ3v) is 6.93. The summed E-state index contributed by atoms with van der Waals surface area (Å²) in [7, 11) is 1.65. The molecule has 0 spiro atoms. The Balaban J connectivity index is 1.60. The van der Waals surface area contributed by atoms with Gasteiger partial charge in [-0.1, -0.05) is 78.9 Å². The number of anilines is 1. The van der Waals surface area contributed by atoms with E-state index >= 15 is 0 Å². The molecule has 0 bridgehead atoms. The van der Waals surface area contributed by atoms with E-state index < -0.39 is 5.60 Å². The van der Waals surface area contributed by atoms with Gasteiger partial charge in [-0.2, -0.15) is 0 Å². The molecule has 0 N–H and O–H groups in total. The third-order valence-electron chi connectivity index (χ3n) is 6.93. The average molecular weight is 480 g/mol. The van der Waals surface area contributed by atoms with Crippen LogP contribution in [-0.4, -0.2) is 25.3 Å². The molecule has 0 fully saturated rings. The standard InChI is InChI=1S/C32H33NO3/c1-32(2,3)36-31(34)33-21-29-25(17-15-22-11-7-5-8-12-22)27(23-13-9-6-10-14-23)20-28(29)26-18-16-24(35-4)19-30(26)33/h5-20,25,27,29H,21H2,1-4H3/b17-15+/t25-,27-,29+/m1/s1. The van der Waals surface area contributed by atoms with E-state index in [0.717, 1.165) is 17.0 Å². The van der Waals surface area contributed by atoms with Gasteiger partial charge in [0.2, 0.25) is 0 Å². The minimum atomic E-state index is -0.582. The van der Waals surface area contributed by atoms with Crippen molar-refractivity contribution in [2.75, 3.05) is 18.6 Å². The van der Waals surface area contributed by atoms with Crippen molar-refractivity contribution < 1.29 is 14.3 Å². The first-order valence-electron chi connectivity index (χ1n) is 12.5. The van der Waals surface area contributed by atoms with E-state index in [9.17, 15) is 4.79 Å². The largest absolute Gasteiger partial charge is 0.497 e. The number of ether oxygens (including phenoxy) is 2. The lowest BCUT2D eigenvalue weighted by Gasteiger charge is -2.38. The molecule has 1 heterocycles. The maximum Gasteiger partial charge on any atom is 0.414 e. The smallest absolute Gasteiger partial charge is 0.414 e. The van der Waals surface area contributed by atoms with E-state index in [4.69, 9.17) is 9.47 Å². The van der Waals surface area contributed by atoms with Crippen LogP contribution in [0.5, 0.6) is 5.75 Å². The zero-order valence-corrected chi connectivity index (χ0v) is 21.3. The minimum Gasteiger partial charge on any atom is -0.497 e. The molecule has 2 aliphatic rings. The molecule has 0 radical (unpaired) electrons. The fourth-order valence-electron chi connectivity index (χ4n) is 5.32. The average Bonchev–Trinajstić information content (AvgIpc) is 3.25. The summed E-state index contributed by atoms with van der Waals surface area (Å²) in [5.41, 5.74) is 5.05. The van der Waals surface area contributed by atoms with Gasteiger partial charge in [0, 0.05) is 30.0 Å². The monoisotopic (exact) mass is 479 g/mol. The topological polar surface area (TPSA) is 38.8 Å². The van der Waals surface area contributed by atoms with Crippen LogP contribution in [0, 0.1) is 11.8 Å². The summed E-state index contributed by atoms with van der Waals surface area (Å²) < 4.78 is 11.4. The number of carbonyl (C=O) groups excluding carboxylic acids is 1. The van der Waals surface area contributed by atoms with Crippen LogP contribution in [0.15, 0.2) is 91.0 Å². The molecule has 0 saturated heterocycles. The van der Waals surface area contributed by atoms with Gasteiger partial charge >= 0.3 is 6.09 Å². The molecule has 0 aromatic heterocycles. The summed E-state index contributed by atoms with van der Waals surface area (Å²) in [4.78, 5) is 15.2. The molecule has 184 valence electrons. The van der Waals surface area contributed by atoms with Crippen LogP contribution in [0.25, 0.3) is 11.6 Å². The fourth-order valence-corrected chi connectivity index (χ4v) is 5.32. The summed E-state index contributed by atoms with van der Waals surface area (Å²) in [6.07, 6.45) is 6.60. The Kier molecular flexibility index (Phi) is 6.44. The Labute approximate surface area is 213 Å². The first-order valence-corrected chi connectivity index (χ1v) is 12.5. The van der Waals surface area contributed by atoms with Gasteiger partial charge in [-0.25, -0.2) is 4.79 Å². The van der Waals surface area contributed by atoms with Crippen LogP contribution in [0.3, 0.4) is 0 Å². The number of hydrogen-bond donors (Lipinski definition) is 0. The molecule has 1 amide bonds. The third kappa shape index (κ3) is 4.81. The molecule has 3 atom stereocenters. The van der Waals surface area contributed by atoms with E-state index in [-0.39, 0.29) is 23.8 Å². The van der Waals surface area contributed by atoms with Gasteiger partial charge in [0.1, 0.15) is 11.4 Å². The number of nitrogens with zero attached hydrogens (tertiary/aromatic N) is 1. The highest BCUT2D eigenvalue weighted by atomic mass is 16.6. The number of hydrogen-bond acceptors (Lipinski definition) is 3. The molecule has 4 heteroatoms. The van der Waals surface area contributed by atoms with Crippen molar-refractivity contribution in [3.63, 3.8) is 0 Å². The molecule has 0 saturated carbocycles. The Morgan fingerprint density at radius 1 is 0.972 bits per heavy atom. The van der Waals surface area contributed by atoms with Gasteiger partial charge in [0.25, 0.3) is 0 Å². The van der Waals surface area contributed by atoms with Crippen molar-refractivity contribution in [3.05, 3.63) is 108 Å². The number of rotatable bonds is 4. The van der Waals surface area contributed by atoms with E-state index in [2.05, 4.69) is 78.9 Å². The fraction of sp³-hybridized carbons (Fsp3) is 0.281. The lowest BCUT2D eigenvalue weighted by molar-refractivity contribution is 0.0574. The maximum absolute atomic E-state index is 13.4. The van der Waals surface area contributed by atoms with Gasteiger partial charge in [-0.15, -0.1) is 0 Å². The van der Waals surface area contributed by atoms with Crippen molar-refractivity contribution in [2.24, 2.45) is 11.8 Å². The normalized spacial score (nSPS) is 21.1. The summed E-state index contributed by atoms with van der Waals surface area (Å²) in [6, 6.07) is 27.0. The molecular formula is C32H33NO3. The summed E-state index contributed by atoms with van der Waals surface area (Å²) in [5, 5.41) is 0. The summed E-state index contributed by atoms with van der Waals surface area (Å²) in [6.45, 7) is 6.26. The highest BCUT2D eigenvalue weighted by Gasteiger charge is 2.43. The summed E-state index contributed by atoms with van der Waals surface area (Å²) in [5.74, 6) is 1.27. The Morgan fingerprint density at radius 3 is 2.33 bits per heavy atom. The molecule has 3 aromatic rings. The molecule has 1 aliphatic carbocycles. The second-order valence-electron chi connectivity index (χ2n) is 10.5. The van der Waals surface area contributed by atoms with Crippen molar-refractivity contribution in [2.45, 2.75) is 32.3 Å². The van der Waals surface area contributed by atoms with E-state index in [1.165, 1.54) is 16.7 Å². The van der Waals surface area contributed by atoms with Crippen molar-refractivity contribution >= 4 is 23.4 Å². The first-order chi connectivity index (χ1) is 17.3. The van der Waals surface area contributed by atoms with Crippen LogP contribution in [0.4, 0.5) is 10.5 Å². The van der Waals surface area contributed by atoms with Crippen molar-refractivity contribution in [3.8, 4) is 5.75 Å². The van der Waals surface area contributed by atoms with Gasteiger partial charge in [0.15, 0.2) is 0 Å². The van der Waals surface area contributed by atoms with E-state index in [1.807, 2.05) is 39.0 Å². The molecule has 5 rings (SSSR count). The van der Waals surface area contributed by atoms with Gasteiger partial charge in [-0.3, -0.25) is 4.90 Å². The second kappa shape index (κ2) is 9.69. The van der Waals surface area contributed by atoms with Crippen LogP contribution >= 0.6 is 0 Å². The van der Waals surface area contributed by atoms with Crippen LogP contribution < -0.4 is 9.64 Å². The number of allylic oxidation sites excluding steroid dienone is 2. The van der Waals surface area contributed by atoms with Gasteiger partial charge in [-0.05, 0) is 55.5 Å². The zero-order chi connectivity index (χ0) is 25.3. The second-order valence-corrected chi connectivity index (χ2v) is 10.5. The maximum atomic E-state index is 13.4. The van der Waals surface area contributed by atoms with E-state index in [1.54, 1.807) is 12.0 Å². The molecule has 4 nitrogen and oxygen atoms in total. The SMILES string of the molecule is COc1ccc2c(c1)N(C(=O)OC(C)(C)C)C[C@@H]1C2=C[C@H](c2ccccc2)[C@H]1/C=C/c1ccccc1. The molecule has 3 aromatic carbocycles. The predicted octanol–water partition coefficient (Wildman–Crippen LogP) is 7.58. The van der Waals surface area contributed by atoms with Gasteiger partial charge in [0.05, 0.1) is 12.8 Å². The quantitative estimate of drug-likeness (QED) is 0.387. The molecule has 0 unspecified atom stereocenters. The number of methoxy groups -OCH3 is 1. The minimum absolute atomic E-state index is 0.142. The highest BCUT2D eigenvalue weighted by molar-refractivity contribution is 5.96. The number of benzene rings is 3. The first kappa shape index (κ1) is 23.9. The van der Waals surface area contributed by atoms with Crippen LogP contribution in [-0.2, 0) is 4.74 Å². The summed E-state index contributed by atoms with van der Waals surface area (Å²) >= 11 is 0. The Morgan fingerprint density at radius 2 is 1.67 bits per heavy atom. The molecular weight excluding hydrogens is 446 g/mol. The van der Waals surface area contributed by atoms with Crippen LogP contribution in [0.2, 0.25) is 0 Å². The number of carbonyl (C=O) groups is 1. The Hall–Kier alpha value is -3.79. The molecule has 1 aliphatic heterocycles. The Bertz CT molecular complexity index is 1290.